The summed E-state index contributed by atoms with van der Waals surface area (Å²) in [4.78, 5) is 15.5. The summed E-state index contributed by atoms with van der Waals surface area (Å²) in [5.74, 6) is 2.70. The number of hydrogen-bond acceptors (Lipinski definition) is 5. The van der Waals surface area contributed by atoms with Gasteiger partial charge in [0.1, 0.15) is 11.6 Å². The lowest BCUT2D eigenvalue weighted by molar-refractivity contribution is 0.200. The van der Waals surface area contributed by atoms with E-state index in [4.69, 9.17) is 16.6 Å². The first-order valence-corrected chi connectivity index (χ1v) is 9.91. The third kappa shape index (κ3) is 3.73. The van der Waals surface area contributed by atoms with E-state index in [9.17, 15) is 0 Å². The van der Waals surface area contributed by atoms with Crippen molar-refractivity contribution < 1.29 is 0 Å². The highest BCUT2D eigenvalue weighted by atomic mass is 35.5. The number of rotatable bonds is 5. The van der Waals surface area contributed by atoms with Gasteiger partial charge in [-0.05, 0) is 50.4 Å². The standard InChI is InChI=1S/C18H23ClN4S/c1-22(17-8-9-20-18(21-17)13-4-5-13)14-3-2-10-23(11-14)12-15-6-7-16(19)24-15/h6-9,13-14H,2-5,10-12H2,1H3. The van der Waals surface area contributed by atoms with Gasteiger partial charge in [0.15, 0.2) is 0 Å². The van der Waals surface area contributed by atoms with E-state index < -0.39 is 0 Å². The average Bonchev–Trinajstić information content (AvgIpc) is 3.38. The van der Waals surface area contributed by atoms with Gasteiger partial charge in [0.05, 0.1) is 4.34 Å². The molecule has 1 saturated heterocycles. The fourth-order valence-electron chi connectivity index (χ4n) is 3.43. The second-order valence-corrected chi connectivity index (χ2v) is 8.69. The SMILES string of the molecule is CN(c1ccnc(C2CC2)n1)C1CCCN(Cc2ccc(Cl)s2)C1. The van der Waals surface area contributed by atoms with Crippen molar-refractivity contribution in [3.63, 3.8) is 0 Å². The van der Waals surface area contributed by atoms with Crippen LogP contribution >= 0.6 is 22.9 Å². The van der Waals surface area contributed by atoms with Gasteiger partial charge in [-0.3, -0.25) is 4.90 Å². The topological polar surface area (TPSA) is 32.3 Å². The van der Waals surface area contributed by atoms with Crippen molar-refractivity contribution >= 4 is 28.8 Å². The Morgan fingerprint density at radius 1 is 1.29 bits per heavy atom. The van der Waals surface area contributed by atoms with E-state index in [1.165, 1.54) is 30.6 Å². The van der Waals surface area contributed by atoms with Crippen LogP contribution in [-0.2, 0) is 6.54 Å². The molecular weight excluding hydrogens is 340 g/mol. The fourth-order valence-corrected chi connectivity index (χ4v) is 4.56. The van der Waals surface area contributed by atoms with Crippen molar-refractivity contribution in [2.45, 2.75) is 44.2 Å². The molecule has 2 aromatic rings. The molecule has 1 atom stereocenters. The molecule has 0 N–H and O–H groups in total. The van der Waals surface area contributed by atoms with E-state index in [-0.39, 0.29) is 0 Å². The van der Waals surface area contributed by atoms with Crippen LogP contribution in [0.15, 0.2) is 24.4 Å². The number of piperidine rings is 1. The molecule has 4 nitrogen and oxygen atoms in total. The van der Waals surface area contributed by atoms with Crippen molar-refractivity contribution in [1.82, 2.24) is 14.9 Å². The molecule has 128 valence electrons. The molecule has 1 saturated carbocycles. The highest BCUT2D eigenvalue weighted by Gasteiger charge is 2.28. The first-order chi connectivity index (χ1) is 11.7. The van der Waals surface area contributed by atoms with Crippen LogP contribution in [0.5, 0.6) is 0 Å². The Morgan fingerprint density at radius 2 is 2.17 bits per heavy atom. The maximum absolute atomic E-state index is 6.06. The first-order valence-electron chi connectivity index (χ1n) is 8.71. The number of halogens is 1. The predicted octanol–water partition coefficient (Wildman–Crippen LogP) is 4.17. The lowest BCUT2D eigenvalue weighted by Crippen LogP contribution is -2.46. The smallest absolute Gasteiger partial charge is 0.133 e. The molecule has 3 heterocycles. The summed E-state index contributed by atoms with van der Waals surface area (Å²) in [6, 6.07) is 6.70. The maximum Gasteiger partial charge on any atom is 0.133 e. The lowest BCUT2D eigenvalue weighted by atomic mass is 10.0. The van der Waals surface area contributed by atoms with Gasteiger partial charge in [0.2, 0.25) is 0 Å². The molecule has 1 aliphatic carbocycles. The van der Waals surface area contributed by atoms with E-state index in [1.54, 1.807) is 11.3 Å². The number of likely N-dealkylation sites (N-methyl/N-ethyl adjacent to an activating group) is 1. The molecule has 0 amide bonds. The summed E-state index contributed by atoms with van der Waals surface area (Å²) < 4.78 is 0.879. The minimum Gasteiger partial charge on any atom is -0.355 e. The minimum atomic E-state index is 0.510. The number of thiophene rings is 1. The molecule has 6 heteroatoms. The summed E-state index contributed by atoms with van der Waals surface area (Å²) >= 11 is 7.75. The summed E-state index contributed by atoms with van der Waals surface area (Å²) in [6.07, 6.45) is 6.86. The zero-order chi connectivity index (χ0) is 16.5. The third-order valence-electron chi connectivity index (χ3n) is 5.00. The number of likely N-dealkylation sites (tertiary alicyclic amines) is 1. The van der Waals surface area contributed by atoms with E-state index in [0.717, 1.165) is 35.6 Å². The molecule has 0 radical (unpaired) electrons. The van der Waals surface area contributed by atoms with E-state index in [1.807, 2.05) is 18.3 Å². The van der Waals surface area contributed by atoms with Gasteiger partial charge in [-0.15, -0.1) is 11.3 Å². The van der Waals surface area contributed by atoms with Crippen LogP contribution in [-0.4, -0.2) is 41.0 Å². The highest BCUT2D eigenvalue weighted by molar-refractivity contribution is 7.16. The van der Waals surface area contributed by atoms with E-state index in [0.29, 0.717) is 12.0 Å². The molecule has 1 aliphatic heterocycles. The van der Waals surface area contributed by atoms with Crippen LogP contribution in [0.25, 0.3) is 0 Å². The second-order valence-electron chi connectivity index (χ2n) is 6.90. The second kappa shape index (κ2) is 6.98. The zero-order valence-electron chi connectivity index (χ0n) is 14.0. The van der Waals surface area contributed by atoms with Gasteiger partial charge in [-0.2, -0.15) is 0 Å². The molecule has 1 unspecified atom stereocenters. The zero-order valence-corrected chi connectivity index (χ0v) is 15.6. The van der Waals surface area contributed by atoms with E-state index in [2.05, 4.69) is 27.9 Å². The van der Waals surface area contributed by atoms with Crippen LogP contribution in [0, 0.1) is 0 Å². The summed E-state index contributed by atoms with van der Waals surface area (Å²) in [5.41, 5.74) is 0. The summed E-state index contributed by atoms with van der Waals surface area (Å²) in [7, 11) is 2.18. The van der Waals surface area contributed by atoms with Gasteiger partial charge < -0.3 is 4.90 Å². The maximum atomic E-state index is 6.06. The quantitative estimate of drug-likeness (QED) is 0.799. The fraction of sp³-hybridized carbons (Fsp3) is 0.556. The molecule has 4 rings (SSSR count). The van der Waals surface area contributed by atoms with Gasteiger partial charge >= 0.3 is 0 Å². The molecule has 2 fully saturated rings. The highest BCUT2D eigenvalue weighted by Crippen LogP contribution is 2.38. The molecule has 0 spiro atoms. The molecular formula is C18H23ClN4S. The van der Waals surface area contributed by atoms with Gasteiger partial charge in [-0.25, -0.2) is 9.97 Å². The number of hydrogen-bond donors (Lipinski definition) is 0. The van der Waals surface area contributed by atoms with Crippen LogP contribution in [0.3, 0.4) is 0 Å². The Morgan fingerprint density at radius 3 is 2.92 bits per heavy atom. The molecule has 2 aliphatic rings. The number of aromatic nitrogens is 2. The number of nitrogens with zero attached hydrogens (tertiary/aromatic N) is 4. The van der Waals surface area contributed by atoms with Crippen molar-refractivity contribution in [2.24, 2.45) is 0 Å². The molecule has 2 aromatic heterocycles. The third-order valence-corrected chi connectivity index (χ3v) is 6.22. The molecule has 0 aromatic carbocycles. The van der Waals surface area contributed by atoms with Gasteiger partial charge in [0, 0.05) is 43.2 Å². The predicted molar refractivity (Wildman–Crippen MR) is 100 cm³/mol. The Labute approximate surface area is 152 Å². The largest absolute Gasteiger partial charge is 0.355 e. The van der Waals surface area contributed by atoms with Crippen LogP contribution in [0.4, 0.5) is 5.82 Å². The Kier molecular flexibility index (Phi) is 4.74. The molecule has 24 heavy (non-hydrogen) atoms. The van der Waals surface area contributed by atoms with Gasteiger partial charge in [-0.1, -0.05) is 11.6 Å². The van der Waals surface area contributed by atoms with Crippen LogP contribution in [0.2, 0.25) is 4.34 Å². The minimum absolute atomic E-state index is 0.510. The van der Waals surface area contributed by atoms with Crippen LogP contribution < -0.4 is 4.90 Å². The van der Waals surface area contributed by atoms with E-state index >= 15 is 0 Å². The van der Waals surface area contributed by atoms with Crippen molar-refractivity contribution in [2.75, 3.05) is 25.0 Å². The summed E-state index contributed by atoms with van der Waals surface area (Å²) in [5, 5.41) is 0. The first kappa shape index (κ1) is 16.3. The monoisotopic (exact) mass is 362 g/mol. The summed E-state index contributed by atoms with van der Waals surface area (Å²) in [6.45, 7) is 3.24. The Balaban J connectivity index is 1.42. The van der Waals surface area contributed by atoms with Crippen molar-refractivity contribution in [3.05, 3.63) is 39.4 Å². The van der Waals surface area contributed by atoms with Crippen LogP contribution in [0.1, 0.15) is 42.3 Å². The molecule has 0 bridgehead atoms. The van der Waals surface area contributed by atoms with Crippen molar-refractivity contribution in [3.8, 4) is 0 Å². The normalized spacial score (nSPS) is 21.8. The average molecular weight is 363 g/mol. The Hall–Kier alpha value is -1.17. The Bertz CT molecular complexity index is 700. The van der Waals surface area contributed by atoms with Crippen molar-refractivity contribution in [1.29, 1.82) is 0 Å². The lowest BCUT2D eigenvalue weighted by Gasteiger charge is -2.38. The number of anilines is 1. The van der Waals surface area contributed by atoms with Gasteiger partial charge in [0.25, 0.3) is 0 Å².